The molecule has 1 aliphatic carbocycles. The van der Waals surface area contributed by atoms with Crippen LogP contribution >= 0.6 is 0 Å². The van der Waals surface area contributed by atoms with Crippen LogP contribution in [0.5, 0.6) is 0 Å². The van der Waals surface area contributed by atoms with Gasteiger partial charge in [-0.25, -0.2) is 0 Å². The van der Waals surface area contributed by atoms with Gasteiger partial charge in [0.2, 0.25) is 0 Å². The van der Waals surface area contributed by atoms with E-state index in [2.05, 4.69) is 49.6 Å². The van der Waals surface area contributed by atoms with Crippen LogP contribution in [0.3, 0.4) is 0 Å². The van der Waals surface area contributed by atoms with Crippen LogP contribution < -0.4 is 5.32 Å². The van der Waals surface area contributed by atoms with Gasteiger partial charge in [-0.3, -0.25) is 4.99 Å². The van der Waals surface area contributed by atoms with E-state index in [4.69, 9.17) is 0 Å². The summed E-state index contributed by atoms with van der Waals surface area (Å²) >= 11 is 0. The van der Waals surface area contributed by atoms with E-state index in [1.807, 2.05) is 19.3 Å². The minimum Gasteiger partial charge on any atom is -0.432 e. The van der Waals surface area contributed by atoms with Gasteiger partial charge in [-0.15, -0.1) is 35.8 Å². The molecule has 0 saturated heterocycles. The van der Waals surface area contributed by atoms with Crippen LogP contribution in [-0.2, 0) is 0 Å². The zero-order valence-electron chi connectivity index (χ0n) is 11.0. The summed E-state index contributed by atoms with van der Waals surface area (Å²) in [6, 6.07) is -0.0184. The summed E-state index contributed by atoms with van der Waals surface area (Å²) in [5, 5.41) is 3.08. The van der Waals surface area contributed by atoms with Crippen molar-refractivity contribution in [2.24, 2.45) is 4.99 Å². The molecule has 1 aliphatic rings. The highest BCUT2D eigenvalue weighted by Gasteiger charge is 2.18. The Hall–Kier alpha value is -1.70. The van der Waals surface area contributed by atoms with E-state index in [0.29, 0.717) is 0 Å². The maximum absolute atomic E-state index is 4.15. The predicted octanol–water partition coefficient (Wildman–Crippen LogP) is 3.22. The van der Waals surface area contributed by atoms with Crippen molar-refractivity contribution in [2.45, 2.75) is 26.3 Å². The van der Waals surface area contributed by atoms with Gasteiger partial charge in [-0.1, -0.05) is 38.1 Å². The fourth-order valence-corrected chi connectivity index (χ4v) is 2.18. The number of allylic oxidation sites excluding steroid dienone is 4. The molecule has 2 heteroatoms. The molecule has 0 amide bonds. The van der Waals surface area contributed by atoms with Gasteiger partial charge < -0.3 is 5.32 Å². The summed E-state index contributed by atoms with van der Waals surface area (Å²) in [6.07, 6.45) is 9.10. The van der Waals surface area contributed by atoms with Gasteiger partial charge in [0.15, 0.2) is 0 Å². The Labute approximate surface area is 105 Å². The van der Waals surface area contributed by atoms with Crippen LogP contribution in [0, 0.1) is 5.92 Å². The van der Waals surface area contributed by atoms with E-state index in [1.54, 1.807) is 0 Å². The third kappa shape index (κ3) is 2.70. The summed E-state index contributed by atoms with van der Waals surface area (Å²) in [4.78, 5) is 4.15. The molecular weight excluding hydrogens is 208 g/mol. The zero-order valence-corrected chi connectivity index (χ0v) is 11.0. The third-order valence-electron chi connectivity index (χ3n) is 2.98. The number of hydrogen-bond acceptors (Lipinski definition) is 2. The first-order chi connectivity index (χ1) is 8.19. The Morgan fingerprint density at radius 3 is 2.71 bits per heavy atom. The average molecular weight is 229 g/mol. The molecule has 0 aromatic heterocycles. The molecule has 0 radical (unpaired) electrons. The van der Waals surface area contributed by atoms with Crippen LogP contribution in [0.25, 0.3) is 0 Å². The highest BCUT2D eigenvalue weighted by molar-refractivity contribution is 5.58. The minimum absolute atomic E-state index is 0.0184. The summed E-state index contributed by atoms with van der Waals surface area (Å²) in [5.74, 6) is 1.32. The van der Waals surface area contributed by atoms with Crippen LogP contribution in [0.4, 0.5) is 0 Å². The van der Waals surface area contributed by atoms with Crippen molar-refractivity contribution in [3.63, 3.8) is 0 Å². The summed E-state index contributed by atoms with van der Waals surface area (Å²) < 4.78 is 0. The first-order valence-electron chi connectivity index (χ1n) is 5.90. The lowest BCUT2D eigenvalue weighted by Crippen LogP contribution is -2.19. The molecule has 1 atom stereocenters. The Kier molecular flexibility index (Phi) is 4.83. The van der Waals surface area contributed by atoms with Crippen LogP contribution in [0.15, 0.2) is 52.7 Å². The number of nitrogens with one attached hydrogen (secondary N) is 1. The van der Waals surface area contributed by atoms with E-state index in [9.17, 15) is 0 Å². The molecule has 0 aromatic carbocycles. The molecule has 0 fully saturated rings. The molecule has 0 bridgehead atoms. The molecule has 0 heterocycles. The van der Waals surface area contributed by atoms with E-state index in [-0.39, 0.29) is 6.04 Å². The second-order valence-electron chi connectivity index (χ2n) is 4.01. The monoisotopic (exact) mass is 229 g/mol. The predicted molar refractivity (Wildman–Crippen MR) is 76.1 cm³/mol. The molecule has 0 saturated carbocycles. The fourth-order valence-electron chi connectivity index (χ4n) is 2.18. The summed E-state index contributed by atoms with van der Waals surface area (Å²) in [6.45, 7) is 11.8. The van der Waals surface area contributed by atoms with Crippen molar-refractivity contribution in [1.82, 2.24) is 5.32 Å². The van der Waals surface area contributed by atoms with Crippen molar-refractivity contribution in [3.05, 3.63) is 53.6 Å². The Morgan fingerprint density at radius 1 is 1.53 bits per heavy atom. The lowest BCUT2D eigenvalue weighted by atomic mass is 9.79. The molecule has 92 valence electrons. The molecule has 0 aromatic rings. The smallest absolute Gasteiger partial charge is 0.0758 e. The Balaban J connectivity index is 3.21. The van der Waals surface area contributed by atoms with Crippen molar-refractivity contribution in [1.29, 1.82) is 0 Å². The van der Waals surface area contributed by atoms with Gasteiger partial charge in [0.1, 0.15) is 0 Å². The highest BCUT2D eigenvalue weighted by Crippen LogP contribution is 2.36. The van der Waals surface area contributed by atoms with Gasteiger partial charge in [-0.05, 0) is 13.8 Å². The van der Waals surface area contributed by atoms with Crippen molar-refractivity contribution < 1.29 is 0 Å². The van der Waals surface area contributed by atoms with Gasteiger partial charge in [-0.2, -0.15) is 0 Å². The number of rotatable bonds is 5. The van der Waals surface area contributed by atoms with Gasteiger partial charge in [0, 0.05) is 0 Å². The van der Waals surface area contributed by atoms with Crippen molar-refractivity contribution in [2.75, 3.05) is 7.05 Å². The van der Waals surface area contributed by atoms with Crippen molar-refractivity contribution in [3.8, 4) is 0 Å². The van der Waals surface area contributed by atoms with Crippen LogP contribution in [0.2, 0.25) is 0 Å². The molecule has 1 N–H and O–H groups in total. The number of aliphatic imine (C=N–C) groups is 1. The number of nitrogens with zero attached hydrogens (tertiary/aromatic N) is 1. The van der Waals surface area contributed by atoms with Crippen LogP contribution in [-0.4, -0.2) is 19.8 Å². The largest absolute Gasteiger partial charge is 0.432 e. The second-order valence-corrected chi connectivity index (χ2v) is 4.01. The Morgan fingerprint density at radius 2 is 2.24 bits per heavy atom. The molecule has 17 heavy (non-hydrogen) atoms. The molecular formula is C15H21N2-. The van der Waals surface area contributed by atoms with E-state index in [0.717, 1.165) is 6.42 Å². The lowest BCUT2D eigenvalue weighted by molar-refractivity contribution is 0.844. The van der Waals surface area contributed by atoms with Gasteiger partial charge in [0.25, 0.3) is 0 Å². The maximum atomic E-state index is 4.15. The van der Waals surface area contributed by atoms with Gasteiger partial charge >= 0.3 is 0 Å². The topological polar surface area (TPSA) is 24.4 Å². The van der Waals surface area contributed by atoms with E-state index in [1.165, 1.54) is 22.6 Å². The van der Waals surface area contributed by atoms with Crippen LogP contribution in [0.1, 0.15) is 20.3 Å². The number of hydrogen-bond donors (Lipinski definition) is 1. The van der Waals surface area contributed by atoms with Gasteiger partial charge in [0.05, 0.1) is 6.04 Å². The quantitative estimate of drug-likeness (QED) is 0.437. The molecule has 0 spiro atoms. The Bertz CT molecular complexity index is 378. The standard InChI is InChI=1S/C15H21N2/c1-6-13-12(10-16-4)9-8-11(3)15(13)14(7-2)17-5/h7-10,14,16H,2,5-6H2,1,3-4H3/q-1. The molecule has 2 nitrogen and oxygen atoms in total. The third-order valence-corrected chi connectivity index (χ3v) is 2.98. The fraction of sp³-hybridized carbons (Fsp3) is 0.333. The first kappa shape index (κ1) is 13.4. The minimum atomic E-state index is -0.0184. The zero-order chi connectivity index (χ0) is 12.8. The summed E-state index contributed by atoms with van der Waals surface area (Å²) in [7, 11) is 1.91. The molecule has 0 aliphatic heterocycles. The highest BCUT2D eigenvalue weighted by atomic mass is 14.8. The molecule has 1 rings (SSSR count). The first-order valence-corrected chi connectivity index (χ1v) is 5.90. The normalized spacial score (nSPS) is 19.5. The lowest BCUT2D eigenvalue weighted by Gasteiger charge is -2.36. The van der Waals surface area contributed by atoms with E-state index < -0.39 is 0 Å². The summed E-state index contributed by atoms with van der Waals surface area (Å²) in [5.41, 5.74) is 3.69. The molecule has 1 unspecified atom stereocenters. The second kappa shape index (κ2) is 6.14. The maximum Gasteiger partial charge on any atom is 0.0758 e. The van der Waals surface area contributed by atoms with E-state index >= 15 is 0 Å². The SMILES string of the molecule is C=CC(N=C)C1=C(C)C=CC(=CNC)[C-]1CC. The average Bonchev–Trinajstić information content (AvgIpc) is 2.34. The van der Waals surface area contributed by atoms with Crippen molar-refractivity contribution >= 4 is 6.72 Å².